The van der Waals surface area contributed by atoms with Crippen molar-refractivity contribution in [3.05, 3.63) is 27.7 Å². The molecule has 1 aromatic carbocycles. The first-order valence-corrected chi connectivity index (χ1v) is 6.06. The van der Waals surface area contributed by atoms with Crippen LogP contribution in [-0.2, 0) is 0 Å². The molecule has 0 radical (unpaired) electrons. The molecule has 15 heavy (non-hydrogen) atoms. The molecule has 1 unspecified atom stereocenters. The molecule has 82 valence electrons. The van der Waals surface area contributed by atoms with Crippen LogP contribution in [0.3, 0.4) is 0 Å². The highest BCUT2D eigenvalue weighted by atomic mass is 79.9. The maximum atomic E-state index is 5.38. The number of hydrogen-bond acceptors (Lipinski definition) is 2. The van der Waals surface area contributed by atoms with Crippen molar-refractivity contribution in [2.75, 3.05) is 20.2 Å². The largest absolute Gasteiger partial charge is 0.496 e. The van der Waals surface area contributed by atoms with Crippen LogP contribution in [0.1, 0.15) is 23.5 Å². The van der Waals surface area contributed by atoms with E-state index in [4.69, 9.17) is 4.74 Å². The molecule has 0 amide bonds. The van der Waals surface area contributed by atoms with E-state index in [1.807, 2.05) is 0 Å². The summed E-state index contributed by atoms with van der Waals surface area (Å²) < 4.78 is 6.52. The molecule has 2 rings (SSSR count). The lowest BCUT2D eigenvalue weighted by Crippen LogP contribution is -2.08. The van der Waals surface area contributed by atoms with Crippen LogP contribution >= 0.6 is 15.9 Å². The van der Waals surface area contributed by atoms with Crippen LogP contribution in [0.2, 0.25) is 0 Å². The Hall–Kier alpha value is -0.540. The molecule has 0 aliphatic carbocycles. The van der Waals surface area contributed by atoms with E-state index in [0.717, 1.165) is 23.3 Å². The Morgan fingerprint density at radius 2 is 2.27 bits per heavy atom. The van der Waals surface area contributed by atoms with Crippen molar-refractivity contribution >= 4 is 15.9 Å². The molecule has 0 saturated carbocycles. The van der Waals surface area contributed by atoms with Gasteiger partial charge in [0.25, 0.3) is 0 Å². The van der Waals surface area contributed by atoms with Crippen molar-refractivity contribution in [2.45, 2.75) is 19.3 Å². The number of hydrogen-bond donors (Lipinski definition) is 1. The molecule has 3 heteroatoms. The summed E-state index contributed by atoms with van der Waals surface area (Å²) in [5, 5.41) is 3.39. The third kappa shape index (κ3) is 2.18. The number of nitrogens with one attached hydrogen (secondary N) is 1. The van der Waals surface area contributed by atoms with Gasteiger partial charge in [0.2, 0.25) is 0 Å². The number of rotatable bonds is 2. The maximum absolute atomic E-state index is 5.38. The van der Waals surface area contributed by atoms with Crippen LogP contribution < -0.4 is 10.1 Å². The molecule has 1 heterocycles. The Bertz CT molecular complexity index is 359. The number of benzene rings is 1. The van der Waals surface area contributed by atoms with Gasteiger partial charge in [-0.15, -0.1) is 0 Å². The molecule has 1 saturated heterocycles. The third-order valence-corrected chi connectivity index (χ3v) is 3.89. The molecule has 1 aliphatic heterocycles. The van der Waals surface area contributed by atoms with Gasteiger partial charge in [0.1, 0.15) is 5.75 Å². The lowest BCUT2D eigenvalue weighted by atomic mass is 9.97. The molecular weight excluding hydrogens is 254 g/mol. The summed E-state index contributed by atoms with van der Waals surface area (Å²) in [5.74, 6) is 1.61. The minimum absolute atomic E-state index is 0.635. The van der Waals surface area contributed by atoms with E-state index in [0.29, 0.717) is 5.92 Å². The van der Waals surface area contributed by atoms with Gasteiger partial charge in [0.15, 0.2) is 0 Å². The summed E-state index contributed by atoms with van der Waals surface area (Å²) in [6.45, 7) is 4.27. The van der Waals surface area contributed by atoms with E-state index >= 15 is 0 Å². The molecule has 0 aromatic heterocycles. The zero-order valence-electron chi connectivity index (χ0n) is 9.14. The Morgan fingerprint density at radius 1 is 1.47 bits per heavy atom. The zero-order chi connectivity index (χ0) is 10.8. The normalized spacial score (nSPS) is 20.6. The predicted molar refractivity (Wildman–Crippen MR) is 65.7 cm³/mol. The fraction of sp³-hybridized carbons (Fsp3) is 0.500. The fourth-order valence-electron chi connectivity index (χ4n) is 2.06. The summed E-state index contributed by atoms with van der Waals surface area (Å²) in [6.07, 6.45) is 1.22. The smallest absolute Gasteiger partial charge is 0.123 e. The SMILES string of the molecule is COc1cc(C2CCNC2)cc(Br)c1C. The lowest BCUT2D eigenvalue weighted by Gasteiger charge is -2.14. The van der Waals surface area contributed by atoms with Crippen molar-refractivity contribution in [1.82, 2.24) is 5.32 Å². The highest BCUT2D eigenvalue weighted by molar-refractivity contribution is 9.10. The summed E-state index contributed by atoms with van der Waals surface area (Å²) >= 11 is 3.58. The van der Waals surface area contributed by atoms with Crippen molar-refractivity contribution < 1.29 is 4.74 Å². The molecule has 1 fully saturated rings. The average molecular weight is 270 g/mol. The monoisotopic (exact) mass is 269 g/mol. The first-order chi connectivity index (χ1) is 7.22. The Labute approximate surface area is 99.1 Å². The Kier molecular flexibility index (Phi) is 3.32. The van der Waals surface area contributed by atoms with Gasteiger partial charge in [-0.1, -0.05) is 15.9 Å². The second-order valence-electron chi connectivity index (χ2n) is 4.02. The van der Waals surface area contributed by atoms with Crippen LogP contribution in [0.5, 0.6) is 5.75 Å². The molecule has 1 aliphatic rings. The van der Waals surface area contributed by atoms with Gasteiger partial charge in [-0.2, -0.15) is 0 Å². The molecule has 1 N–H and O–H groups in total. The summed E-state index contributed by atoms with van der Waals surface area (Å²) in [5.41, 5.74) is 2.54. The van der Waals surface area contributed by atoms with Crippen LogP contribution in [-0.4, -0.2) is 20.2 Å². The van der Waals surface area contributed by atoms with Crippen molar-refractivity contribution in [2.24, 2.45) is 0 Å². The van der Waals surface area contributed by atoms with Gasteiger partial charge >= 0.3 is 0 Å². The molecular formula is C12H16BrNO. The van der Waals surface area contributed by atoms with E-state index < -0.39 is 0 Å². The highest BCUT2D eigenvalue weighted by Crippen LogP contribution is 2.33. The lowest BCUT2D eigenvalue weighted by molar-refractivity contribution is 0.410. The van der Waals surface area contributed by atoms with E-state index in [1.54, 1.807) is 7.11 Å². The first kappa shape index (κ1) is 11.0. The van der Waals surface area contributed by atoms with Crippen molar-refractivity contribution in [1.29, 1.82) is 0 Å². The Balaban J connectivity index is 2.35. The topological polar surface area (TPSA) is 21.3 Å². The average Bonchev–Trinajstić information content (AvgIpc) is 2.75. The van der Waals surface area contributed by atoms with Gasteiger partial charge < -0.3 is 10.1 Å². The summed E-state index contributed by atoms with van der Waals surface area (Å²) in [7, 11) is 1.73. The second kappa shape index (κ2) is 4.54. The minimum Gasteiger partial charge on any atom is -0.496 e. The second-order valence-corrected chi connectivity index (χ2v) is 4.87. The van der Waals surface area contributed by atoms with E-state index in [2.05, 4.69) is 40.3 Å². The molecule has 2 nitrogen and oxygen atoms in total. The summed E-state index contributed by atoms with van der Waals surface area (Å²) in [6, 6.07) is 4.38. The van der Waals surface area contributed by atoms with E-state index in [9.17, 15) is 0 Å². The molecule has 0 bridgehead atoms. The number of ether oxygens (including phenoxy) is 1. The van der Waals surface area contributed by atoms with Gasteiger partial charge in [-0.3, -0.25) is 0 Å². The first-order valence-electron chi connectivity index (χ1n) is 5.27. The minimum atomic E-state index is 0.635. The van der Waals surface area contributed by atoms with Crippen LogP contribution in [0.4, 0.5) is 0 Å². The fourth-order valence-corrected chi connectivity index (χ4v) is 2.52. The van der Waals surface area contributed by atoms with Crippen LogP contribution in [0.15, 0.2) is 16.6 Å². The van der Waals surface area contributed by atoms with Gasteiger partial charge in [-0.05, 0) is 43.5 Å². The van der Waals surface area contributed by atoms with Crippen molar-refractivity contribution in [3.63, 3.8) is 0 Å². The standard InChI is InChI=1S/C12H16BrNO/c1-8-11(13)5-10(6-12(8)15-2)9-3-4-14-7-9/h5-6,9,14H,3-4,7H2,1-2H3. The highest BCUT2D eigenvalue weighted by Gasteiger charge is 2.18. The van der Waals surface area contributed by atoms with E-state index in [-0.39, 0.29) is 0 Å². The van der Waals surface area contributed by atoms with E-state index in [1.165, 1.54) is 17.5 Å². The molecule has 0 spiro atoms. The van der Waals surface area contributed by atoms with Crippen molar-refractivity contribution in [3.8, 4) is 5.75 Å². The van der Waals surface area contributed by atoms with Gasteiger partial charge in [-0.25, -0.2) is 0 Å². The molecule has 1 aromatic rings. The quantitative estimate of drug-likeness (QED) is 0.892. The van der Waals surface area contributed by atoms with Crippen LogP contribution in [0.25, 0.3) is 0 Å². The summed E-state index contributed by atoms with van der Waals surface area (Å²) in [4.78, 5) is 0. The Morgan fingerprint density at radius 3 is 2.87 bits per heavy atom. The maximum Gasteiger partial charge on any atom is 0.123 e. The number of methoxy groups -OCH3 is 1. The molecule has 1 atom stereocenters. The number of halogens is 1. The van der Waals surface area contributed by atoms with Gasteiger partial charge in [0.05, 0.1) is 7.11 Å². The zero-order valence-corrected chi connectivity index (χ0v) is 10.7. The van der Waals surface area contributed by atoms with Crippen LogP contribution in [0, 0.1) is 6.92 Å². The third-order valence-electron chi connectivity index (χ3n) is 3.07. The predicted octanol–water partition coefficient (Wildman–Crippen LogP) is 2.84. The van der Waals surface area contributed by atoms with Gasteiger partial charge in [0, 0.05) is 16.6 Å².